The Balaban J connectivity index is 1.46. The Morgan fingerprint density at radius 3 is 2.59 bits per heavy atom. The number of morpholine rings is 1. The van der Waals surface area contributed by atoms with Crippen LogP contribution in [0.5, 0.6) is 0 Å². The van der Waals surface area contributed by atoms with E-state index in [9.17, 15) is 14.4 Å². The summed E-state index contributed by atoms with van der Waals surface area (Å²) in [5.74, 6) is -0.266. The van der Waals surface area contributed by atoms with Gasteiger partial charge in [-0.1, -0.05) is 18.2 Å². The third kappa shape index (κ3) is 7.03. The maximum Gasteiger partial charge on any atom is 0.410 e. The van der Waals surface area contributed by atoms with E-state index in [0.717, 1.165) is 48.7 Å². The number of fused-ring (bicyclic) bond motifs is 1. The maximum absolute atomic E-state index is 13.7. The second kappa shape index (κ2) is 11.5. The monoisotopic (exact) mass is 513 g/mol. The zero-order valence-electron chi connectivity index (χ0n) is 22.4. The highest BCUT2D eigenvalue weighted by Gasteiger charge is 2.39. The van der Waals surface area contributed by atoms with Crippen molar-refractivity contribution in [2.75, 3.05) is 26.8 Å². The van der Waals surface area contributed by atoms with E-state index < -0.39 is 17.8 Å². The number of esters is 1. The normalized spacial score (nSPS) is 18.1. The van der Waals surface area contributed by atoms with Crippen LogP contribution in [-0.4, -0.2) is 76.9 Å². The highest BCUT2D eigenvalue weighted by Crippen LogP contribution is 2.32. The van der Waals surface area contributed by atoms with E-state index >= 15 is 0 Å². The van der Waals surface area contributed by atoms with Crippen LogP contribution in [0, 0.1) is 0 Å². The van der Waals surface area contributed by atoms with E-state index in [0.29, 0.717) is 26.1 Å². The molecule has 0 spiro atoms. The largest absolute Gasteiger partial charge is 0.469 e. The summed E-state index contributed by atoms with van der Waals surface area (Å²) in [5, 5.41) is 1.12. The van der Waals surface area contributed by atoms with E-state index in [4.69, 9.17) is 14.2 Å². The van der Waals surface area contributed by atoms with Crippen LogP contribution >= 0.6 is 0 Å². The third-order valence-electron chi connectivity index (χ3n) is 6.73. The second-order valence-electron chi connectivity index (χ2n) is 10.9. The number of benzene rings is 1. The molecule has 1 atom stereocenters. The zero-order chi connectivity index (χ0) is 26.6. The summed E-state index contributed by atoms with van der Waals surface area (Å²) in [5.41, 5.74) is 1.61. The van der Waals surface area contributed by atoms with E-state index in [1.807, 2.05) is 37.8 Å². The molecule has 1 unspecified atom stereocenters. The molecule has 1 saturated carbocycles. The minimum atomic E-state index is -0.700. The number of carbonyl (C=O) groups is 3. The lowest BCUT2D eigenvalue weighted by Crippen LogP contribution is -2.53. The van der Waals surface area contributed by atoms with Crippen LogP contribution < -0.4 is 0 Å². The SMILES string of the molecule is COC(=O)CCCCn1cc(CN(C(=O)C2CN(C(=O)OC(C)(C)C)CCO2)C2CC2)c2ccccc21. The van der Waals surface area contributed by atoms with Crippen LogP contribution in [0.25, 0.3) is 10.9 Å². The lowest BCUT2D eigenvalue weighted by Gasteiger charge is -2.35. The quantitative estimate of drug-likeness (QED) is 0.370. The van der Waals surface area contributed by atoms with Crippen molar-refractivity contribution in [2.45, 2.75) is 83.7 Å². The summed E-state index contributed by atoms with van der Waals surface area (Å²) < 4.78 is 18.3. The first kappa shape index (κ1) is 27.0. The second-order valence-corrected chi connectivity index (χ2v) is 10.9. The summed E-state index contributed by atoms with van der Waals surface area (Å²) in [6.45, 7) is 7.68. The number of aromatic nitrogens is 1. The molecule has 0 N–H and O–H groups in total. The Bertz CT molecular complexity index is 1120. The van der Waals surface area contributed by atoms with Gasteiger partial charge >= 0.3 is 12.1 Å². The molecule has 0 bridgehead atoms. The third-order valence-corrected chi connectivity index (χ3v) is 6.73. The molecular formula is C28H39N3O6. The van der Waals surface area contributed by atoms with Crippen LogP contribution in [-0.2, 0) is 36.9 Å². The van der Waals surface area contributed by atoms with Gasteiger partial charge in [-0.05, 0) is 58.1 Å². The molecule has 0 radical (unpaired) electrons. The molecule has 202 valence electrons. The smallest absolute Gasteiger partial charge is 0.410 e. The van der Waals surface area contributed by atoms with E-state index in [1.165, 1.54) is 7.11 Å². The number of hydrogen-bond donors (Lipinski definition) is 0. The molecular weight excluding hydrogens is 474 g/mol. The van der Waals surface area contributed by atoms with Crippen LogP contribution in [0.4, 0.5) is 4.79 Å². The first-order chi connectivity index (χ1) is 17.7. The number of methoxy groups -OCH3 is 1. The Morgan fingerprint density at radius 1 is 1.14 bits per heavy atom. The van der Waals surface area contributed by atoms with Gasteiger partial charge in [-0.3, -0.25) is 9.59 Å². The van der Waals surface area contributed by atoms with Gasteiger partial charge in [0.15, 0.2) is 6.10 Å². The van der Waals surface area contributed by atoms with Gasteiger partial charge in [-0.25, -0.2) is 4.79 Å². The Morgan fingerprint density at radius 2 is 1.89 bits per heavy atom. The zero-order valence-corrected chi connectivity index (χ0v) is 22.4. The molecule has 1 aromatic carbocycles. The minimum Gasteiger partial charge on any atom is -0.469 e. The van der Waals surface area contributed by atoms with Crippen molar-refractivity contribution >= 4 is 28.9 Å². The number of rotatable bonds is 9. The lowest BCUT2D eigenvalue weighted by atomic mass is 10.1. The topological polar surface area (TPSA) is 90.3 Å². The molecule has 9 heteroatoms. The number of nitrogens with zero attached hydrogens (tertiary/aromatic N) is 3. The van der Waals surface area contributed by atoms with Crippen molar-refractivity contribution in [1.82, 2.24) is 14.4 Å². The van der Waals surface area contributed by atoms with E-state index in [1.54, 1.807) is 4.90 Å². The van der Waals surface area contributed by atoms with Crippen molar-refractivity contribution < 1.29 is 28.6 Å². The summed E-state index contributed by atoms with van der Waals surface area (Å²) >= 11 is 0. The fourth-order valence-electron chi connectivity index (χ4n) is 4.72. The molecule has 1 aromatic heterocycles. The van der Waals surface area contributed by atoms with E-state index in [-0.39, 0.29) is 24.5 Å². The molecule has 9 nitrogen and oxygen atoms in total. The van der Waals surface area contributed by atoms with Crippen molar-refractivity contribution in [3.8, 4) is 0 Å². The number of aryl methyl sites for hydroxylation is 1. The lowest BCUT2D eigenvalue weighted by molar-refractivity contribution is -0.150. The first-order valence-electron chi connectivity index (χ1n) is 13.2. The van der Waals surface area contributed by atoms with Crippen LogP contribution in [0.2, 0.25) is 0 Å². The van der Waals surface area contributed by atoms with E-state index in [2.05, 4.69) is 22.9 Å². The predicted molar refractivity (Wildman–Crippen MR) is 139 cm³/mol. The maximum atomic E-state index is 13.7. The number of ether oxygens (including phenoxy) is 3. The van der Waals surface area contributed by atoms with Gasteiger partial charge in [-0.15, -0.1) is 0 Å². The van der Waals surface area contributed by atoms with Gasteiger partial charge in [0.05, 0.1) is 20.3 Å². The van der Waals surface area contributed by atoms with Gasteiger partial charge in [0.25, 0.3) is 5.91 Å². The predicted octanol–water partition coefficient (Wildman–Crippen LogP) is 4.11. The first-order valence-corrected chi connectivity index (χ1v) is 13.2. The molecule has 1 aliphatic carbocycles. The fourth-order valence-corrected chi connectivity index (χ4v) is 4.72. The van der Waals surface area contributed by atoms with Crippen LogP contribution in [0.15, 0.2) is 30.5 Å². The summed E-state index contributed by atoms with van der Waals surface area (Å²) in [6.07, 6.45) is 4.98. The van der Waals surface area contributed by atoms with Crippen molar-refractivity contribution in [3.05, 3.63) is 36.0 Å². The fraction of sp³-hybridized carbons (Fsp3) is 0.607. The number of carbonyl (C=O) groups excluding carboxylic acids is 3. The Labute approximate surface area is 218 Å². The molecule has 1 saturated heterocycles. The molecule has 2 fully saturated rings. The van der Waals surface area contributed by atoms with Gasteiger partial charge < -0.3 is 28.6 Å². The van der Waals surface area contributed by atoms with Crippen molar-refractivity contribution in [2.24, 2.45) is 0 Å². The highest BCUT2D eigenvalue weighted by molar-refractivity contribution is 5.86. The average Bonchev–Trinajstić information content (AvgIpc) is 3.66. The molecule has 2 heterocycles. The molecule has 1 aliphatic heterocycles. The van der Waals surface area contributed by atoms with Crippen molar-refractivity contribution in [1.29, 1.82) is 0 Å². The van der Waals surface area contributed by atoms with Gasteiger partial charge in [0.1, 0.15) is 5.60 Å². The molecule has 2 aromatic rings. The number of hydrogen-bond acceptors (Lipinski definition) is 6. The number of amides is 2. The average molecular weight is 514 g/mol. The highest BCUT2D eigenvalue weighted by atomic mass is 16.6. The summed E-state index contributed by atoms with van der Waals surface area (Å²) in [7, 11) is 1.41. The molecule has 2 amide bonds. The number of para-hydroxylation sites is 1. The minimum absolute atomic E-state index is 0.0781. The van der Waals surface area contributed by atoms with Gasteiger partial charge in [0.2, 0.25) is 0 Å². The van der Waals surface area contributed by atoms with Crippen LogP contribution in [0.1, 0.15) is 58.4 Å². The summed E-state index contributed by atoms with van der Waals surface area (Å²) in [6, 6.07) is 8.40. The van der Waals surface area contributed by atoms with Crippen LogP contribution in [0.3, 0.4) is 0 Å². The Hall–Kier alpha value is -3.07. The molecule has 2 aliphatic rings. The van der Waals surface area contributed by atoms with Gasteiger partial charge in [0, 0.05) is 49.2 Å². The Kier molecular flexibility index (Phi) is 8.42. The molecule has 37 heavy (non-hydrogen) atoms. The van der Waals surface area contributed by atoms with Crippen molar-refractivity contribution in [3.63, 3.8) is 0 Å². The number of unbranched alkanes of at least 4 members (excludes halogenated alkanes) is 1. The molecule has 4 rings (SSSR count). The summed E-state index contributed by atoms with van der Waals surface area (Å²) in [4.78, 5) is 41.2. The standard InChI is InChI=1S/C28H39N3O6/c1-28(2,3)37-27(34)30-15-16-36-24(19-30)26(33)31(21-12-13-21)18-20-17-29(14-8-7-11-25(32)35-4)23-10-6-5-9-22(20)23/h5-6,9-10,17,21,24H,7-8,11-16,18-19H2,1-4H3. The van der Waals surface area contributed by atoms with Gasteiger partial charge in [-0.2, -0.15) is 0 Å².